The molecule has 0 bridgehead atoms. The molecular formula is C11H15N3O. The quantitative estimate of drug-likeness (QED) is 0.770. The molecule has 15 heavy (non-hydrogen) atoms. The number of nitrogens with one attached hydrogen (secondary N) is 1. The zero-order chi connectivity index (χ0) is 10.7. The van der Waals surface area contributed by atoms with Crippen molar-refractivity contribution in [2.24, 2.45) is 5.92 Å². The molecule has 2 rings (SSSR count). The van der Waals surface area contributed by atoms with E-state index in [1.54, 1.807) is 17.3 Å². The molecule has 1 N–H and O–H groups in total. The van der Waals surface area contributed by atoms with E-state index in [9.17, 15) is 4.79 Å². The molecule has 1 fully saturated rings. The Labute approximate surface area is 89.3 Å². The number of rotatable bonds is 3. The minimum atomic E-state index is 0.178. The van der Waals surface area contributed by atoms with E-state index in [-0.39, 0.29) is 11.8 Å². The summed E-state index contributed by atoms with van der Waals surface area (Å²) < 4.78 is 0. The van der Waals surface area contributed by atoms with Crippen molar-refractivity contribution in [1.82, 2.24) is 15.2 Å². The molecule has 4 heteroatoms. The number of aromatic nitrogens is 1. The van der Waals surface area contributed by atoms with Crippen molar-refractivity contribution in [3.05, 3.63) is 30.1 Å². The Balaban J connectivity index is 1.91. The van der Waals surface area contributed by atoms with Gasteiger partial charge in [0.25, 0.3) is 0 Å². The summed E-state index contributed by atoms with van der Waals surface area (Å²) >= 11 is 0. The largest absolute Gasteiger partial charge is 0.341 e. The molecule has 0 spiro atoms. The van der Waals surface area contributed by atoms with Crippen molar-refractivity contribution in [3.63, 3.8) is 0 Å². The predicted molar refractivity (Wildman–Crippen MR) is 57.1 cm³/mol. The van der Waals surface area contributed by atoms with Crippen molar-refractivity contribution in [2.45, 2.75) is 6.54 Å². The van der Waals surface area contributed by atoms with Crippen LogP contribution in [0.15, 0.2) is 24.5 Å². The van der Waals surface area contributed by atoms with E-state index in [0.29, 0.717) is 6.54 Å². The highest BCUT2D eigenvalue weighted by Gasteiger charge is 2.27. The fourth-order valence-electron chi connectivity index (χ4n) is 1.61. The van der Waals surface area contributed by atoms with Gasteiger partial charge in [0, 0.05) is 39.1 Å². The van der Waals surface area contributed by atoms with E-state index in [4.69, 9.17) is 0 Å². The molecule has 1 aliphatic heterocycles. The Kier molecular flexibility index (Phi) is 2.97. The Hall–Kier alpha value is -1.42. The second-order valence-electron chi connectivity index (χ2n) is 3.90. The van der Waals surface area contributed by atoms with Gasteiger partial charge in [-0.05, 0) is 17.7 Å². The maximum absolute atomic E-state index is 11.8. The first-order chi connectivity index (χ1) is 7.27. The maximum atomic E-state index is 11.8. The molecule has 1 aliphatic rings. The molecule has 1 saturated heterocycles. The van der Waals surface area contributed by atoms with Gasteiger partial charge in [0.15, 0.2) is 0 Å². The molecule has 0 saturated carbocycles. The van der Waals surface area contributed by atoms with Crippen LogP contribution in [0.2, 0.25) is 0 Å². The first-order valence-corrected chi connectivity index (χ1v) is 5.12. The van der Waals surface area contributed by atoms with Gasteiger partial charge in [-0.25, -0.2) is 0 Å². The first kappa shape index (κ1) is 10.1. The average Bonchev–Trinajstić information content (AvgIpc) is 2.16. The summed E-state index contributed by atoms with van der Waals surface area (Å²) in [7, 11) is 1.85. The normalized spacial score (nSPS) is 15.8. The summed E-state index contributed by atoms with van der Waals surface area (Å²) in [5, 5.41) is 3.10. The van der Waals surface area contributed by atoms with E-state index in [0.717, 1.165) is 18.7 Å². The van der Waals surface area contributed by atoms with Crippen molar-refractivity contribution in [2.75, 3.05) is 20.1 Å². The van der Waals surface area contributed by atoms with Gasteiger partial charge < -0.3 is 10.2 Å². The number of amides is 1. The Morgan fingerprint density at radius 1 is 1.53 bits per heavy atom. The molecule has 1 aromatic rings. The molecular weight excluding hydrogens is 190 g/mol. The molecule has 0 aromatic carbocycles. The third-order valence-electron chi connectivity index (χ3n) is 2.68. The highest BCUT2D eigenvalue weighted by atomic mass is 16.2. The summed E-state index contributed by atoms with van der Waals surface area (Å²) in [6.45, 7) is 2.30. The first-order valence-electron chi connectivity index (χ1n) is 5.12. The second kappa shape index (κ2) is 4.40. The molecule has 0 unspecified atom stereocenters. The summed E-state index contributed by atoms with van der Waals surface area (Å²) in [4.78, 5) is 17.5. The Bertz CT molecular complexity index is 335. The lowest BCUT2D eigenvalue weighted by Crippen LogP contribution is -2.50. The lowest BCUT2D eigenvalue weighted by Gasteiger charge is -2.30. The van der Waals surface area contributed by atoms with E-state index < -0.39 is 0 Å². The van der Waals surface area contributed by atoms with Crippen LogP contribution in [0.25, 0.3) is 0 Å². The van der Waals surface area contributed by atoms with E-state index in [1.807, 2.05) is 19.2 Å². The number of nitrogens with zero attached hydrogens (tertiary/aromatic N) is 2. The van der Waals surface area contributed by atoms with Gasteiger partial charge in [0.05, 0.1) is 5.92 Å². The fourth-order valence-corrected chi connectivity index (χ4v) is 1.61. The van der Waals surface area contributed by atoms with Gasteiger partial charge >= 0.3 is 0 Å². The lowest BCUT2D eigenvalue weighted by atomic mass is 10.0. The zero-order valence-corrected chi connectivity index (χ0v) is 8.81. The van der Waals surface area contributed by atoms with Crippen LogP contribution in [0, 0.1) is 5.92 Å². The van der Waals surface area contributed by atoms with Crippen LogP contribution >= 0.6 is 0 Å². The molecule has 4 nitrogen and oxygen atoms in total. The Morgan fingerprint density at radius 2 is 2.20 bits per heavy atom. The zero-order valence-electron chi connectivity index (χ0n) is 8.81. The highest BCUT2D eigenvalue weighted by Crippen LogP contribution is 2.09. The standard InChI is InChI=1S/C11H15N3O/c1-14(11(15)10-6-13-7-10)8-9-2-4-12-5-3-9/h2-5,10,13H,6-8H2,1H3. The molecule has 0 radical (unpaired) electrons. The number of carbonyl (C=O) groups is 1. The van der Waals surface area contributed by atoms with Crippen molar-refractivity contribution in [3.8, 4) is 0 Å². The minimum absolute atomic E-state index is 0.178. The van der Waals surface area contributed by atoms with Crippen molar-refractivity contribution in [1.29, 1.82) is 0 Å². The third-order valence-corrected chi connectivity index (χ3v) is 2.68. The fraction of sp³-hybridized carbons (Fsp3) is 0.455. The van der Waals surface area contributed by atoms with Gasteiger partial charge in [-0.2, -0.15) is 0 Å². The van der Waals surface area contributed by atoms with Gasteiger partial charge in [-0.15, -0.1) is 0 Å². The predicted octanol–water partition coefficient (Wildman–Crippen LogP) is 0.259. The lowest BCUT2D eigenvalue weighted by molar-refractivity contribution is -0.136. The maximum Gasteiger partial charge on any atom is 0.228 e. The SMILES string of the molecule is CN(Cc1ccncc1)C(=O)C1CNC1. The molecule has 2 heterocycles. The summed E-state index contributed by atoms with van der Waals surface area (Å²) in [6, 6.07) is 3.87. The van der Waals surface area contributed by atoms with Crippen LogP contribution in [-0.4, -0.2) is 35.9 Å². The minimum Gasteiger partial charge on any atom is -0.341 e. The summed E-state index contributed by atoms with van der Waals surface area (Å²) in [5.74, 6) is 0.405. The van der Waals surface area contributed by atoms with E-state index >= 15 is 0 Å². The van der Waals surface area contributed by atoms with Gasteiger partial charge in [-0.3, -0.25) is 9.78 Å². The third kappa shape index (κ3) is 2.33. The van der Waals surface area contributed by atoms with Crippen LogP contribution in [0.3, 0.4) is 0 Å². The van der Waals surface area contributed by atoms with Crippen LogP contribution < -0.4 is 5.32 Å². The number of pyridine rings is 1. The second-order valence-corrected chi connectivity index (χ2v) is 3.90. The van der Waals surface area contributed by atoms with Gasteiger partial charge in [-0.1, -0.05) is 0 Å². The average molecular weight is 205 g/mol. The van der Waals surface area contributed by atoms with E-state index in [2.05, 4.69) is 10.3 Å². The van der Waals surface area contributed by atoms with Crippen LogP contribution in [0.5, 0.6) is 0 Å². The number of hydrogen-bond acceptors (Lipinski definition) is 3. The molecule has 1 amide bonds. The van der Waals surface area contributed by atoms with Crippen molar-refractivity contribution >= 4 is 5.91 Å². The van der Waals surface area contributed by atoms with Crippen LogP contribution in [0.1, 0.15) is 5.56 Å². The highest BCUT2D eigenvalue weighted by molar-refractivity contribution is 5.79. The molecule has 0 aliphatic carbocycles. The molecule has 80 valence electrons. The van der Waals surface area contributed by atoms with Crippen molar-refractivity contribution < 1.29 is 4.79 Å². The van der Waals surface area contributed by atoms with E-state index in [1.165, 1.54) is 0 Å². The Morgan fingerprint density at radius 3 is 2.73 bits per heavy atom. The summed E-state index contributed by atoms with van der Waals surface area (Å²) in [6.07, 6.45) is 3.50. The smallest absolute Gasteiger partial charge is 0.228 e. The van der Waals surface area contributed by atoms with Crippen LogP contribution in [0.4, 0.5) is 0 Å². The molecule has 0 atom stereocenters. The summed E-state index contributed by atoms with van der Waals surface area (Å²) in [5.41, 5.74) is 1.12. The molecule has 1 aromatic heterocycles. The monoisotopic (exact) mass is 205 g/mol. The topological polar surface area (TPSA) is 45.2 Å². The van der Waals surface area contributed by atoms with Crippen LogP contribution in [-0.2, 0) is 11.3 Å². The number of carbonyl (C=O) groups excluding carboxylic acids is 1. The van der Waals surface area contributed by atoms with Gasteiger partial charge in [0.1, 0.15) is 0 Å². The van der Waals surface area contributed by atoms with Gasteiger partial charge in [0.2, 0.25) is 5.91 Å². The number of hydrogen-bond donors (Lipinski definition) is 1.